The van der Waals surface area contributed by atoms with E-state index in [-0.39, 0.29) is 6.04 Å². The molecule has 0 spiro atoms. The standard InChI is InChI=1S/C16H18BrN3O/c1-10-16(17)14(20(3)19-10)8-13(18-2)12-9-21-15-7-5-4-6-11(12)15/h4-7,9,13,18H,8H2,1-3H3. The van der Waals surface area contributed by atoms with E-state index in [1.165, 1.54) is 11.3 Å². The van der Waals surface area contributed by atoms with Crippen molar-refractivity contribution in [2.24, 2.45) is 7.05 Å². The Morgan fingerprint density at radius 1 is 1.38 bits per heavy atom. The second kappa shape index (κ2) is 5.66. The summed E-state index contributed by atoms with van der Waals surface area (Å²) in [5, 5.41) is 9.01. The van der Waals surface area contributed by atoms with Gasteiger partial charge in [-0.25, -0.2) is 0 Å². The lowest BCUT2D eigenvalue weighted by Crippen LogP contribution is -2.20. The van der Waals surface area contributed by atoms with Gasteiger partial charge in [0.15, 0.2) is 0 Å². The smallest absolute Gasteiger partial charge is 0.134 e. The predicted octanol–water partition coefficient (Wildman–Crippen LogP) is 3.74. The zero-order valence-electron chi connectivity index (χ0n) is 12.4. The van der Waals surface area contributed by atoms with Gasteiger partial charge in [-0.15, -0.1) is 0 Å². The van der Waals surface area contributed by atoms with Crippen LogP contribution in [0.5, 0.6) is 0 Å². The number of nitrogens with zero attached hydrogens (tertiary/aromatic N) is 2. The zero-order chi connectivity index (χ0) is 15.0. The number of aromatic nitrogens is 2. The summed E-state index contributed by atoms with van der Waals surface area (Å²) in [7, 11) is 3.96. The maximum absolute atomic E-state index is 5.66. The topological polar surface area (TPSA) is 43.0 Å². The predicted molar refractivity (Wildman–Crippen MR) is 87.4 cm³/mol. The van der Waals surface area contributed by atoms with Gasteiger partial charge in [-0.3, -0.25) is 4.68 Å². The van der Waals surface area contributed by atoms with Gasteiger partial charge in [-0.2, -0.15) is 5.10 Å². The first-order valence-corrected chi connectivity index (χ1v) is 7.72. The maximum Gasteiger partial charge on any atom is 0.134 e. The maximum atomic E-state index is 5.66. The molecule has 2 heterocycles. The van der Waals surface area contributed by atoms with Crippen molar-refractivity contribution in [2.45, 2.75) is 19.4 Å². The number of nitrogens with one attached hydrogen (secondary N) is 1. The van der Waals surface area contributed by atoms with E-state index in [1.54, 1.807) is 0 Å². The van der Waals surface area contributed by atoms with Gasteiger partial charge in [0.1, 0.15) is 5.58 Å². The van der Waals surface area contributed by atoms with Gasteiger partial charge in [0.05, 0.1) is 22.1 Å². The van der Waals surface area contributed by atoms with Crippen molar-refractivity contribution in [1.82, 2.24) is 15.1 Å². The van der Waals surface area contributed by atoms with E-state index < -0.39 is 0 Å². The van der Waals surface area contributed by atoms with Gasteiger partial charge in [0.2, 0.25) is 0 Å². The average molecular weight is 348 g/mol. The van der Waals surface area contributed by atoms with Crippen LogP contribution < -0.4 is 5.32 Å². The number of hydrogen-bond acceptors (Lipinski definition) is 3. The first-order valence-electron chi connectivity index (χ1n) is 6.93. The molecule has 1 atom stereocenters. The van der Waals surface area contributed by atoms with Crippen LogP contribution in [0.15, 0.2) is 39.4 Å². The monoisotopic (exact) mass is 347 g/mol. The van der Waals surface area contributed by atoms with Crippen LogP contribution in [0, 0.1) is 6.92 Å². The van der Waals surface area contributed by atoms with Crippen LogP contribution in [-0.4, -0.2) is 16.8 Å². The van der Waals surface area contributed by atoms with Gasteiger partial charge in [-0.1, -0.05) is 18.2 Å². The lowest BCUT2D eigenvalue weighted by atomic mass is 10.0. The molecule has 2 aromatic heterocycles. The molecule has 0 amide bonds. The largest absolute Gasteiger partial charge is 0.464 e. The van der Waals surface area contributed by atoms with E-state index in [9.17, 15) is 0 Å². The molecule has 110 valence electrons. The molecule has 0 saturated heterocycles. The summed E-state index contributed by atoms with van der Waals surface area (Å²) >= 11 is 3.64. The number of para-hydroxylation sites is 1. The van der Waals surface area contributed by atoms with Crippen molar-refractivity contribution in [3.05, 3.63) is 52.0 Å². The lowest BCUT2D eigenvalue weighted by molar-refractivity contribution is 0.544. The molecule has 3 rings (SSSR count). The van der Waals surface area contributed by atoms with Crippen molar-refractivity contribution in [2.75, 3.05) is 7.05 Å². The summed E-state index contributed by atoms with van der Waals surface area (Å²) in [6.07, 6.45) is 2.70. The Labute approximate surface area is 132 Å². The van der Waals surface area contributed by atoms with E-state index >= 15 is 0 Å². The normalized spacial score (nSPS) is 13.0. The van der Waals surface area contributed by atoms with Crippen molar-refractivity contribution in [3.63, 3.8) is 0 Å². The number of rotatable bonds is 4. The average Bonchev–Trinajstić information content (AvgIpc) is 3.00. The van der Waals surface area contributed by atoms with E-state index in [1.807, 2.05) is 50.2 Å². The third-order valence-electron chi connectivity index (χ3n) is 3.89. The Morgan fingerprint density at radius 3 is 2.81 bits per heavy atom. The highest BCUT2D eigenvalue weighted by Gasteiger charge is 2.20. The number of furan rings is 1. The Bertz CT molecular complexity index is 775. The summed E-state index contributed by atoms with van der Waals surface area (Å²) in [6, 6.07) is 8.31. The highest BCUT2D eigenvalue weighted by molar-refractivity contribution is 9.10. The second-order valence-corrected chi connectivity index (χ2v) is 6.00. The summed E-state index contributed by atoms with van der Waals surface area (Å²) in [5.41, 5.74) is 4.29. The van der Waals surface area contributed by atoms with Crippen LogP contribution in [0.4, 0.5) is 0 Å². The summed E-state index contributed by atoms with van der Waals surface area (Å²) in [5.74, 6) is 0. The Morgan fingerprint density at radius 2 is 2.14 bits per heavy atom. The molecule has 1 aromatic carbocycles. The lowest BCUT2D eigenvalue weighted by Gasteiger charge is -2.15. The zero-order valence-corrected chi connectivity index (χ0v) is 13.9. The quantitative estimate of drug-likeness (QED) is 0.781. The number of benzene rings is 1. The Balaban J connectivity index is 1.99. The number of likely N-dealkylation sites (N-methyl/N-ethyl adjacent to an activating group) is 1. The number of fused-ring (bicyclic) bond motifs is 1. The molecule has 0 bridgehead atoms. The molecule has 0 saturated carbocycles. The van der Waals surface area contributed by atoms with E-state index in [4.69, 9.17) is 4.42 Å². The first kappa shape index (κ1) is 14.4. The minimum Gasteiger partial charge on any atom is -0.464 e. The number of halogens is 1. The third kappa shape index (κ3) is 2.51. The second-order valence-electron chi connectivity index (χ2n) is 5.20. The Hall–Kier alpha value is -1.59. The van der Waals surface area contributed by atoms with Crippen LogP contribution in [0.3, 0.4) is 0 Å². The summed E-state index contributed by atoms with van der Waals surface area (Å²) in [6.45, 7) is 2.01. The van der Waals surface area contributed by atoms with E-state index in [2.05, 4.69) is 32.4 Å². The number of aryl methyl sites for hydroxylation is 2. The number of hydrogen-bond donors (Lipinski definition) is 1. The van der Waals surface area contributed by atoms with Crippen LogP contribution in [0.1, 0.15) is 23.0 Å². The van der Waals surface area contributed by atoms with Crippen molar-refractivity contribution >= 4 is 26.9 Å². The van der Waals surface area contributed by atoms with Crippen molar-refractivity contribution in [1.29, 1.82) is 0 Å². The SMILES string of the molecule is CNC(Cc1c(Br)c(C)nn1C)c1coc2ccccc12. The molecule has 0 aliphatic carbocycles. The van der Waals surface area contributed by atoms with Gasteiger partial charge >= 0.3 is 0 Å². The summed E-state index contributed by atoms with van der Waals surface area (Å²) < 4.78 is 8.68. The molecule has 1 N–H and O–H groups in total. The molecule has 0 fully saturated rings. The van der Waals surface area contributed by atoms with Gasteiger partial charge in [-0.05, 0) is 36.0 Å². The molecule has 4 nitrogen and oxygen atoms in total. The van der Waals surface area contributed by atoms with E-state index in [0.717, 1.165) is 27.6 Å². The molecule has 21 heavy (non-hydrogen) atoms. The van der Waals surface area contributed by atoms with E-state index in [0.29, 0.717) is 0 Å². The first-order chi connectivity index (χ1) is 10.1. The minimum atomic E-state index is 0.180. The van der Waals surface area contributed by atoms with Crippen LogP contribution >= 0.6 is 15.9 Å². The van der Waals surface area contributed by atoms with Crippen LogP contribution in [0.2, 0.25) is 0 Å². The molecular formula is C16H18BrN3O. The van der Waals surface area contributed by atoms with Gasteiger partial charge < -0.3 is 9.73 Å². The molecule has 3 aromatic rings. The summed E-state index contributed by atoms with van der Waals surface area (Å²) in [4.78, 5) is 0. The van der Waals surface area contributed by atoms with Crippen LogP contribution in [0.25, 0.3) is 11.0 Å². The molecular weight excluding hydrogens is 330 g/mol. The van der Waals surface area contributed by atoms with Gasteiger partial charge in [0, 0.05) is 30.5 Å². The highest BCUT2D eigenvalue weighted by Crippen LogP contribution is 2.30. The third-order valence-corrected chi connectivity index (χ3v) is 4.93. The molecule has 0 radical (unpaired) electrons. The van der Waals surface area contributed by atoms with Crippen molar-refractivity contribution in [3.8, 4) is 0 Å². The van der Waals surface area contributed by atoms with Crippen molar-refractivity contribution < 1.29 is 4.42 Å². The molecule has 5 heteroatoms. The fraction of sp³-hybridized carbons (Fsp3) is 0.312. The Kier molecular flexibility index (Phi) is 3.87. The molecule has 0 aliphatic rings. The highest BCUT2D eigenvalue weighted by atomic mass is 79.9. The van der Waals surface area contributed by atoms with Crippen LogP contribution in [-0.2, 0) is 13.5 Å². The fourth-order valence-corrected chi connectivity index (χ4v) is 3.23. The molecule has 0 aliphatic heterocycles. The van der Waals surface area contributed by atoms with Gasteiger partial charge in [0.25, 0.3) is 0 Å². The fourth-order valence-electron chi connectivity index (χ4n) is 2.73. The minimum absolute atomic E-state index is 0.180. The molecule has 1 unspecified atom stereocenters.